The highest BCUT2D eigenvalue weighted by molar-refractivity contribution is 5.99. The number of nitrogens with two attached hydrogens (primary N) is 1. The van der Waals surface area contributed by atoms with Crippen LogP contribution in [-0.2, 0) is 4.79 Å². The van der Waals surface area contributed by atoms with Crippen LogP contribution in [0.25, 0.3) is 0 Å². The van der Waals surface area contributed by atoms with Crippen LogP contribution in [-0.4, -0.2) is 44.8 Å². The van der Waals surface area contributed by atoms with Gasteiger partial charge in [-0.05, 0) is 49.6 Å². The molecule has 0 radical (unpaired) electrons. The summed E-state index contributed by atoms with van der Waals surface area (Å²) in [4.78, 5) is 30.6. The molecule has 3 rings (SSSR count). The maximum Gasteiger partial charge on any atom is 0.255 e. The summed E-state index contributed by atoms with van der Waals surface area (Å²) in [7, 11) is 1.68. The summed E-state index contributed by atoms with van der Waals surface area (Å²) >= 11 is 0. The molecule has 2 heterocycles. The number of allylic oxidation sites excluding steroid dienone is 2. The molecule has 1 aromatic rings. The van der Waals surface area contributed by atoms with Crippen molar-refractivity contribution in [2.45, 2.75) is 19.3 Å². The van der Waals surface area contributed by atoms with E-state index in [0.29, 0.717) is 35.6 Å². The molecule has 0 spiro atoms. The van der Waals surface area contributed by atoms with Gasteiger partial charge in [0.1, 0.15) is 5.84 Å². The van der Waals surface area contributed by atoms with E-state index in [1.165, 1.54) is 31.5 Å². The molecule has 30 heavy (non-hydrogen) atoms. The van der Waals surface area contributed by atoms with Crippen LogP contribution in [0.4, 0.5) is 5.69 Å². The monoisotopic (exact) mass is 408 g/mol. The van der Waals surface area contributed by atoms with Crippen molar-refractivity contribution >= 4 is 23.7 Å². The number of nitrogens with one attached hydrogen (secondary N) is 3. The van der Waals surface area contributed by atoms with Crippen molar-refractivity contribution in [3.8, 4) is 0 Å². The Bertz CT molecular complexity index is 893. The lowest BCUT2D eigenvalue weighted by atomic mass is 10.1. The molecule has 0 bridgehead atoms. The molecule has 0 aliphatic carbocycles. The van der Waals surface area contributed by atoms with Crippen LogP contribution in [0.1, 0.15) is 29.6 Å². The van der Waals surface area contributed by atoms with Crippen LogP contribution in [0.3, 0.4) is 0 Å². The molecule has 158 valence electrons. The number of hydrogen-bond acceptors (Lipinski definition) is 6. The summed E-state index contributed by atoms with van der Waals surface area (Å²) in [5.74, 6) is 0.347. The van der Waals surface area contributed by atoms with Gasteiger partial charge in [0.05, 0.1) is 12.4 Å². The molecule has 0 unspecified atom stereocenters. The first-order valence-corrected chi connectivity index (χ1v) is 10.1. The molecule has 1 fully saturated rings. The standard InChI is InChI=1S/C22H28N6O2/c1-24-21-12-20(25-15-26-21)17(13-23)11-18(14-29)27-22(30)16-5-7-19(8-6-16)28-9-3-2-4-10-28/h5-8,11-14,25H,2-4,9-10,15,23H2,1H3,(H,24,26)(H,27,30)/b17-13+,18-11+. The molecular formula is C22H28N6O2. The third kappa shape index (κ3) is 5.28. The number of anilines is 1. The van der Waals surface area contributed by atoms with Crippen LogP contribution in [0.2, 0.25) is 0 Å². The van der Waals surface area contributed by atoms with Crippen LogP contribution >= 0.6 is 0 Å². The second-order valence-electron chi connectivity index (χ2n) is 7.09. The number of aldehydes is 1. The molecule has 2 aliphatic heterocycles. The number of nitrogens with zero attached hydrogens (tertiary/aromatic N) is 2. The fourth-order valence-electron chi connectivity index (χ4n) is 3.46. The van der Waals surface area contributed by atoms with Crippen LogP contribution in [0.15, 0.2) is 64.6 Å². The van der Waals surface area contributed by atoms with Crippen molar-refractivity contribution < 1.29 is 9.59 Å². The summed E-state index contributed by atoms with van der Waals surface area (Å²) in [6.07, 6.45) is 8.94. The maximum absolute atomic E-state index is 12.6. The Balaban J connectivity index is 1.70. The van der Waals surface area contributed by atoms with E-state index < -0.39 is 0 Å². The molecule has 5 N–H and O–H groups in total. The highest BCUT2D eigenvalue weighted by Crippen LogP contribution is 2.20. The lowest BCUT2D eigenvalue weighted by molar-refractivity contribution is -0.105. The van der Waals surface area contributed by atoms with Gasteiger partial charge < -0.3 is 26.6 Å². The molecule has 1 amide bonds. The van der Waals surface area contributed by atoms with Crippen molar-refractivity contribution in [2.24, 2.45) is 10.7 Å². The second-order valence-corrected chi connectivity index (χ2v) is 7.09. The Hall–Kier alpha value is -3.55. The van der Waals surface area contributed by atoms with Gasteiger partial charge in [0, 0.05) is 54.9 Å². The van der Waals surface area contributed by atoms with E-state index in [4.69, 9.17) is 5.73 Å². The molecule has 1 aromatic carbocycles. The van der Waals surface area contributed by atoms with E-state index in [0.717, 1.165) is 18.8 Å². The van der Waals surface area contributed by atoms with Crippen molar-refractivity contribution in [3.05, 3.63) is 65.1 Å². The van der Waals surface area contributed by atoms with Crippen molar-refractivity contribution in [1.29, 1.82) is 0 Å². The fraction of sp³-hybridized carbons (Fsp3) is 0.318. The zero-order chi connectivity index (χ0) is 21.3. The highest BCUT2D eigenvalue weighted by Gasteiger charge is 2.14. The number of carbonyl (C=O) groups is 2. The van der Waals surface area contributed by atoms with Crippen molar-refractivity contribution in [3.63, 3.8) is 0 Å². The Morgan fingerprint density at radius 1 is 1.17 bits per heavy atom. The summed E-state index contributed by atoms with van der Waals surface area (Å²) < 4.78 is 0. The summed E-state index contributed by atoms with van der Waals surface area (Å²) in [5.41, 5.74) is 8.74. The quantitative estimate of drug-likeness (QED) is 0.322. The van der Waals surface area contributed by atoms with Gasteiger partial charge in [0.25, 0.3) is 5.91 Å². The molecule has 2 aliphatic rings. The molecule has 8 nitrogen and oxygen atoms in total. The fourth-order valence-corrected chi connectivity index (χ4v) is 3.46. The van der Waals surface area contributed by atoms with E-state index >= 15 is 0 Å². The zero-order valence-corrected chi connectivity index (χ0v) is 17.1. The van der Waals surface area contributed by atoms with Crippen LogP contribution in [0.5, 0.6) is 0 Å². The Morgan fingerprint density at radius 3 is 2.53 bits per heavy atom. The number of aliphatic imine (C=N–C) groups is 1. The number of carbonyl (C=O) groups excluding carboxylic acids is 2. The summed E-state index contributed by atoms with van der Waals surface area (Å²) in [6.45, 7) is 2.57. The molecule has 0 aromatic heterocycles. The Labute approximate surface area is 176 Å². The first kappa shape index (κ1) is 21.2. The number of piperidine rings is 1. The van der Waals surface area contributed by atoms with Gasteiger partial charge in [-0.15, -0.1) is 0 Å². The second kappa shape index (κ2) is 10.3. The maximum atomic E-state index is 12.6. The Kier molecular flexibility index (Phi) is 7.26. The average molecular weight is 409 g/mol. The van der Waals surface area contributed by atoms with E-state index in [-0.39, 0.29) is 11.6 Å². The largest absolute Gasteiger partial charge is 0.404 e. The topological polar surface area (TPSA) is 112 Å². The molecule has 0 saturated carbocycles. The van der Waals surface area contributed by atoms with Gasteiger partial charge in [-0.2, -0.15) is 0 Å². The van der Waals surface area contributed by atoms with E-state index in [9.17, 15) is 9.59 Å². The number of benzene rings is 1. The SMILES string of the molecule is CN=C1C=C(C(/C=C(\C=O)NC(=O)c2ccc(N3CCCCC3)cc2)=C/N)NCN1. The molecule has 8 heteroatoms. The van der Waals surface area contributed by atoms with Crippen LogP contribution < -0.4 is 26.6 Å². The smallest absolute Gasteiger partial charge is 0.255 e. The van der Waals surface area contributed by atoms with Gasteiger partial charge in [-0.3, -0.25) is 14.6 Å². The van der Waals surface area contributed by atoms with Gasteiger partial charge >= 0.3 is 0 Å². The number of amides is 1. The third-order valence-electron chi connectivity index (χ3n) is 5.11. The Morgan fingerprint density at radius 2 is 1.90 bits per heavy atom. The highest BCUT2D eigenvalue weighted by atomic mass is 16.2. The molecule has 1 saturated heterocycles. The average Bonchev–Trinajstić information content (AvgIpc) is 2.82. The number of hydrogen-bond donors (Lipinski definition) is 4. The first-order valence-electron chi connectivity index (χ1n) is 10.1. The third-order valence-corrected chi connectivity index (χ3v) is 5.11. The van der Waals surface area contributed by atoms with Crippen molar-refractivity contribution in [2.75, 3.05) is 31.7 Å². The minimum absolute atomic E-state index is 0.119. The van der Waals surface area contributed by atoms with Gasteiger partial charge in [-0.25, -0.2) is 0 Å². The predicted octanol–water partition coefficient (Wildman–Crippen LogP) is 1.39. The first-order chi connectivity index (χ1) is 14.6. The lowest BCUT2D eigenvalue weighted by Crippen LogP contribution is -2.38. The lowest BCUT2D eigenvalue weighted by Gasteiger charge is -2.28. The van der Waals surface area contributed by atoms with E-state index in [2.05, 4.69) is 25.8 Å². The van der Waals surface area contributed by atoms with Gasteiger partial charge in [0.15, 0.2) is 6.29 Å². The zero-order valence-electron chi connectivity index (χ0n) is 17.1. The summed E-state index contributed by atoms with van der Waals surface area (Å²) in [6, 6.07) is 7.46. The van der Waals surface area contributed by atoms with Crippen LogP contribution in [0, 0.1) is 0 Å². The minimum Gasteiger partial charge on any atom is -0.404 e. The van der Waals surface area contributed by atoms with Gasteiger partial charge in [0.2, 0.25) is 0 Å². The van der Waals surface area contributed by atoms with E-state index in [1.54, 1.807) is 25.3 Å². The number of rotatable bonds is 6. The molecular weight excluding hydrogens is 380 g/mol. The normalized spacial score (nSPS) is 18.9. The minimum atomic E-state index is -0.349. The number of amidine groups is 1. The predicted molar refractivity (Wildman–Crippen MR) is 119 cm³/mol. The van der Waals surface area contributed by atoms with Crippen molar-refractivity contribution in [1.82, 2.24) is 16.0 Å². The van der Waals surface area contributed by atoms with E-state index in [1.807, 2.05) is 12.1 Å². The summed E-state index contributed by atoms with van der Waals surface area (Å²) in [5, 5.41) is 8.84. The van der Waals surface area contributed by atoms with Gasteiger partial charge in [-0.1, -0.05) is 0 Å². The molecule has 0 atom stereocenters.